The lowest BCUT2D eigenvalue weighted by Gasteiger charge is -2.38. The van der Waals surface area contributed by atoms with Gasteiger partial charge in [0.05, 0.1) is 17.0 Å². The van der Waals surface area contributed by atoms with Crippen molar-refractivity contribution in [1.29, 1.82) is 0 Å². The van der Waals surface area contributed by atoms with Crippen LogP contribution in [0.25, 0.3) is 11.6 Å². The summed E-state index contributed by atoms with van der Waals surface area (Å²) in [5.41, 5.74) is 1.10. The van der Waals surface area contributed by atoms with E-state index in [4.69, 9.17) is 21.0 Å². The summed E-state index contributed by atoms with van der Waals surface area (Å²) in [6, 6.07) is 11.7. The number of hydrogen-bond acceptors (Lipinski definition) is 5. The van der Waals surface area contributed by atoms with E-state index < -0.39 is 0 Å². The van der Waals surface area contributed by atoms with Crippen LogP contribution in [-0.2, 0) is 6.42 Å². The van der Waals surface area contributed by atoms with E-state index in [1.54, 1.807) is 6.26 Å². The van der Waals surface area contributed by atoms with Gasteiger partial charge in [-0.05, 0) is 31.2 Å². The first kappa shape index (κ1) is 20.3. The molecule has 0 atom stereocenters. The summed E-state index contributed by atoms with van der Waals surface area (Å²) in [5, 5.41) is 11.4. The zero-order valence-corrected chi connectivity index (χ0v) is 17.8. The summed E-state index contributed by atoms with van der Waals surface area (Å²) in [6.45, 7) is 7.13. The van der Waals surface area contributed by atoms with Crippen LogP contribution < -0.4 is 10.2 Å². The molecule has 0 bridgehead atoms. The van der Waals surface area contributed by atoms with Gasteiger partial charge in [-0.25, -0.2) is 4.98 Å². The molecule has 2 N–H and O–H groups in total. The summed E-state index contributed by atoms with van der Waals surface area (Å²) in [4.78, 5) is 13.9. The Balaban J connectivity index is 1.33. The topological polar surface area (TPSA) is 85.6 Å². The van der Waals surface area contributed by atoms with E-state index >= 15 is 0 Å². The first-order valence-corrected chi connectivity index (χ1v) is 10.6. The normalized spacial score (nSPS) is 14.9. The van der Waals surface area contributed by atoms with Crippen LogP contribution in [0.3, 0.4) is 0 Å². The van der Waals surface area contributed by atoms with E-state index in [2.05, 4.69) is 43.3 Å². The van der Waals surface area contributed by atoms with Crippen molar-refractivity contribution in [3.63, 3.8) is 0 Å². The zero-order chi connectivity index (χ0) is 20.8. The van der Waals surface area contributed by atoms with Gasteiger partial charge in [-0.1, -0.05) is 23.7 Å². The number of furan rings is 1. The molecular weight excluding hydrogens is 402 g/mol. The van der Waals surface area contributed by atoms with Crippen LogP contribution in [-0.4, -0.2) is 65.3 Å². The van der Waals surface area contributed by atoms with Crippen LogP contribution in [0, 0.1) is 0 Å². The number of aromatic nitrogens is 3. The number of H-pyrrole nitrogens is 1. The van der Waals surface area contributed by atoms with E-state index in [0.29, 0.717) is 24.6 Å². The number of guanidine groups is 1. The van der Waals surface area contributed by atoms with E-state index in [1.807, 2.05) is 30.3 Å². The van der Waals surface area contributed by atoms with Crippen molar-refractivity contribution in [2.75, 3.05) is 44.2 Å². The number of nitrogens with zero attached hydrogens (tertiary/aromatic N) is 5. The lowest BCUT2D eigenvalue weighted by molar-refractivity contribution is 0.372. The fraction of sp³-hybridized carbons (Fsp3) is 0.381. The molecule has 1 aromatic carbocycles. The van der Waals surface area contributed by atoms with Crippen molar-refractivity contribution >= 4 is 23.2 Å². The van der Waals surface area contributed by atoms with E-state index in [9.17, 15) is 0 Å². The molecular formula is C21H26ClN7O. The number of piperazine rings is 1. The summed E-state index contributed by atoms with van der Waals surface area (Å²) in [7, 11) is 0. The Bertz CT molecular complexity index is 961. The number of para-hydroxylation sites is 1. The van der Waals surface area contributed by atoms with Crippen molar-refractivity contribution in [2.45, 2.75) is 13.3 Å². The van der Waals surface area contributed by atoms with Gasteiger partial charge >= 0.3 is 0 Å². The molecule has 0 radical (unpaired) electrons. The molecule has 0 aliphatic carbocycles. The number of nitrogens with one attached hydrogen (secondary N) is 2. The number of benzene rings is 1. The lowest BCUT2D eigenvalue weighted by Crippen LogP contribution is -2.52. The second-order valence-corrected chi connectivity index (χ2v) is 7.40. The molecule has 4 rings (SSSR count). The standard InChI is InChI=1S/C21H26ClN7O/c1-2-23-21(24-10-9-19-25-20(27-26-19)18-8-5-15-30-18)29-13-11-28(12-14-29)17-7-4-3-6-16(17)22/h3-8,15H,2,9-14H2,1H3,(H,23,24)(H,25,26,27). The van der Waals surface area contributed by atoms with Crippen LogP contribution in [0.2, 0.25) is 5.02 Å². The zero-order valence-electron chi connectivity index (χ0n) is 17.0. The molecule has 0 unspecified atom stereocenters. The molecule has 2 aromatic heterocycles. The minimum atomic E-state index is 0.571. The maximum absolute atomic E-state index is 6.36. The number of rotatable bonds is 6. The Morgan fingerprint density at radius 1 is 1.20 bits per heavy atom. The Morgan fingerprint density at radius 3 is 2.77 bits per heavy atom. The molecule has 30 heavy (non-hydrogen) atoms. The third-order valence-corrected chi connectivity index (χ3v) is 5.31. The van der Waals surface area contributed by atoms with Gasteiger partial charge in [0.1, 0.15) is 5.82 Å². The highest BCUT2D eigenvalue weighted by Crippen LogP contribution is 2.26. The van der Waals surface area contributed by atoms with Crippen LogP contribution in [0.1, 0.15) is 12.7 Å². The highest BCUT2D eigenvalue weighted by molar-refractivity contribution is 6.33. The Kier molecular flexibility index (Phi) is 6.53. The molecule has 1 fully saturated rings. The fourth-order valence-corrected chi connectivity index (χ4v) is 3.74. The van der Waals surface area contributed by atoms with Gasteiger partial charge in [0.2, 0.25) is 5.82 Å². The fourth-order valence-electron chi connectivity index (χ4n) is 3.48. The average molecular weight is 428 g/mol. The van der Waals surface area contributed by atoms with Gasteiger partial charge in [-0.3, -0.25) is 10.1 Å². The highest BCUT2D eigenvalue weighted by atomic mass is 35.5. The molecule has 0 amide bonds. The van der Waals surface area contributed by atoms with Crippen molar-refractivity contribution in [1.82, 2.24) is 25.4 Å². The maximum atomic E-state index is 6.36. The second kappa shape index (κ2) is 9.67. The number of halogens is 1. The summed E-state index contributed by atoms with van der Waals surface area (Å²) < 4.78 is 5.33. The number of aromatic amines is 1. The minimum absolute atomic E-state index is 0.571. The van der Waals surface area contributed by atoms with Crippen LogP contribution >= 0.6 is 11.6 Å². The molecule has 3 aromatic rings. The molecule has 0 saturated carbocycles. The van der Waals surface area contributed by atoms with Gasteiger partial charge in [0.25, 0.3) is 0 Å². The summed E-state index contributed by atoms with van der Waals surface area (Å²) >= 11 is 6.36. The summed E-state index contributed by atoms with van der Waals surface area (Å²) in [5.74, 6) is 2.96. The molecule has 0 spiro atoms. The summed E-state index contributed by atoms with van der Waals surface area (Å²) in [6.07, 6.45) is 2.30. The van der Waals surface area contributed by atoms with E-state index in [-0.39, 0.29) is 0 Å². The molecule has 1 saturated heterocycles. The first-order chi connectivity index (χ1) is 14.7. The monoisotopic (exact) mass is 427 g/mol. The second-order valence-electron chi connectivity index (χ2n) is 6.99. The van der Waals surface area contributed by atoms with Gasteiger partial charge in [0.15, 0.2) is 11.7 Å². The largest absolute Gasteiger partial charge is 0.461 e. The molecule has 8 nitrogen and oxygen atoms in total. The van der Waals surface area contributed by atoms with Gasteiger partial charge in [-0.2, -0.15) is 5.10 Å². The Labute approximate surface area is 181 Å². The Morgan fingerprint density at radius 2 is 2.03 bits per heavy atom. The molecule has 9 heteroatoms. The van der Waals surface area contributed by atoms with Crippen LogP contribution in [0.15, 0.2) is 52.1 Å². The third kappa shape index (κ3) is 4.76. The lowest BCUT2D eigenvalue weighted by atomic mass is 10.2. The van der Waals surface area contributed by atoms with Crippen molar-refractivity contribution in [3.8, 4) is 11.6 Å². The smallest absolute Gasteiger partial charge is 0.216 e. The Hall–Kier alpha value is -3.00. The maximum Gasteiger partial charge on any atom is 0.216 e. The van der Waals surface area contributed by atoms with Crippen molar-refractivity contribution < 1.29 is 4.42 Å². The van der Waals surface area contributed by atoms with Crippen LogP contribution in [0.5, 0.6) is 0 Å². The SMILES string of the molecule is CCNC(=NCCc1nc(-c2ccco2)n[nH]1)N1CCN(c2ccccc2Cl)CC1. The predicted octanol–water partition coefficient (Wildman–Crippen LogP) is 3.05. The van der Waals surface area contributed by atoms with Gasteiger partial charge in [-0.15, -0.1) is 0 Å². The van der Waals surface area contributed by atoms with Gasteiger partial charge in [0, 0.05) is 45.7 Å². The average Bonchev–Trinajstić information content (AvgIpc) is 3.46. The molecule has 1 aliphatic heterocycles. The molecule has 3 heterocycles. The minimum Gasteiger partial charge on any atom is -0.461 e. The highest BCUT2D eigenvalue weighted by Gasteiger charge is 2.21. The number of anilines is 1. The molecule has 158 valence electrons. The first-order valence-electron chi connectivity index (χ1n) is 10.2. The van der Waals surface area contributed by atoms with Crippen LogP contribution in [0.4, 0.5) is 5.69 Å². The van der Waals surface area contributed by atoms with Crippen molar-refractivity contribution in [2.24, 2.45) is 4.99 Å². The predicted molar refractivity (Wildman–Crippen MR) is 119 cm³/mol. The van der Waals surface area contributed by atoms with Crippen molar-refractivity contribution in [3.05, 3.63) is 53.5 Å². The number of hydrogen-bond donors (Lipinski definition) is 2. The quantitative estimate of drug-likeness (QED) is 0.464. The molecule has 1 aliphatic rings. The van der Waals surface area contributed by atoms with Gasteiger partial charge < -0.3 is 19.5 Å². The van der Waals surface area contributed by atoms with E-state index in [0.717, 1.165) is 55.2 Å². The van der Waals surface area contributed by atoms with E-state index in [1.165, 1.54) is 0 Å². The number of aliphatic imine (C=N–C) groups is 1. The third-order valence-electron chi connectivity index (χ3n) is 4.99.